The maximum atomic E-state index is 12.3. The molecular weight excluding hydrogens is 332 g/mol. The van der Waals surface area contributed by atoms with Gasteiger partial charge in [-0.05, 0) is 12.1 Å². The summed E-state index contributed by atoms with van der Waals surface area (Å²) in [5.74, 6) is 0.410. The molecule has 0 aliphatic carbocycles. The highest BCUT2D eigenvalue weighted by Gasteiger charge is 2.20. The zero-order valence-electron chi connectivity index (χ0n) is 12.0. The lowest BCUT2D eigenvalue weighted by molar-refractivity contribution is 0.0948. The maximum Gasteiger partial charge on any atom is 0.267 e. The molecule has 1 N–H and O–H groups in total. The minimum atomic E-state index is -0.408. The van der Waals surface area contributed by atoms with Crippen LogP contribution in [0.2, 0.25) is 0 Å². The Hall–Kier alpha value is -2.19. The van der Waals surface area contributed by atoms with Crippen molar-refractivity contribution in [1.82, 2.24) is 19.9 Å². The second-order valence-electron chi connectivity index (χ2n) is 5.02. The molecule has 6 nitrogen and oxygen atoms in total. The third-order valence-electron chi connectivity index (χ3n) is 3.54. The highest BCUT2D eigenvalue weighted by atomic mass is 32.2. The number of nitrogens with zero attached hydrogens (tertiary/aromatic N) is 3. The lowest BCUT2D eigenvalue weighted by Crippen LogP contribution is -2.33. The van der Waals surface area contributed by atoms with Crippen LogP contribution in [0.5, 0.6) is 0 Å². The summed E-state index contributed by atoms with van der Waals surface area (Å²) in [4.78, 5) is 33.2. The minimum Gasteiger partial charge on any atom is -0.345 e. The molecule has 3 aromatic rings. The first-order chi connectivity index (χ1) is 11.2. The number of nitrogens with one attached hydrogen (secondary N) is 1. The van der Waals surface area contributed by atoms with Gasteiger partial charge in [0.25, 0.3) is 11.5 Å². The summed E-state index contributed by atoms with van der Waals surface area (Å²) in [5.41, 5.74) is 0.720. The number of carbonyl (C=O) groups excluding carboxylic acids is 1. The van der Waals surface area contributed by atoms with E-state index < -0.39 is 5.91 Å². The van der Waals surface area contributed by atoms with E-state index in [0.717, 1.165) is 21.0 Å². The number of hydrogen-bond acceptors (Lipinski definition) is 6. The van der Waals surface area contributed by atoms with Crippen molar-refractivity contribution in [2.75, 3.05) is 5.75 Å². The number of thioether (sulfide) groups is 1. The average Bonchev–Trinajstić information content (AvgIpc) is 3.19. The van der Waals surface area contributed by atoms with Gasteiger partial charge >= 0.3 is 0 Å². The van der Waals surface area contributed by atoms with E-state index in [-0.39, 0.29) is 11.1 Å². The standard InChI is InChI=1S/C15H12N4O2S2/c20-13(9-7-17-15-19(14(9)21)5-6-22-15)16-8-12-18-10-3-1-2-4-11(10)23-12/h1-4,7H,5-6,8H2,(H,16,20). The molecule has 0 saturated heterocycles. The van der Waals surface area contributed by atoms with Crippen LogP contribution >= 0.6 is 23.1 Å². The van der Waals surface area contributed by atoms with E-state index >= 15 is 0 Å². The van der Waals surface area contributed by atoms with Gasteiger partial charge in [-0.1, -0.05) is 23.9 Å². The van der Waals surface area contributed by atoms with E-state index in [2.05, 4.69) is 15.3 Å². The summed E-state index contributed by atoms with van der Waals surface area (Å²) in [5, 5.41) is 4.25. The molecule has 4 rings (SSSR count). The van der Waals surface area contributed by atoms with Gasteiger partial charge in [-0.15, -0.1) is 11.3 Å². The summed E-state index contributed by atoms with van der Waals surface area (Å²) in [6.45, 7) is 0.902. The molecule has 1 aliphatic rings. The Morgan fingerprint density at radius 3 is 3.09 bits per heavy atom. The van der Waals surface area contributed by atoms with Gasteiger partial charge in [-0.25, -0.2) is 9.97 Å². The summed E-state index contributed by atoms with van der Waals surface area (Å²) < 4.78 is 2.63. The van der Waals surface area contributed by atoms with Gasteiger partial charge in [-0.2, -0.15) is 0 Å². The number of benzene rings is 1. The van der Waals surface area contributed by atoms with Gasteiger partial charge in [0.1, 0.15) is 10.6 Å². The number of para-hydroxylation sites is 1. The first-order valence-electron chi connectivity index (χ1n) is 7.07. The van der Waals surface area contributed by atoms with Crippen molar-refractivity contribution in [3.63, 3.8) is 0 Å². The molecule has 0 bridgehead atoms. The van der Waals surface area contributed by atoms with Gasteiger partial charge < -0.3 is 5.32 Å². The fourth-order valence-electron chi connectivity index (χ4n) is 2.42. The Labute approximate surface area is 139 Å². The molecule has 0 saturated carbocycles. The van der Waals surface area contributed by atoms with Crippen LogP contribution in [0.4, 0.5) is 0 Å². The molecule has 23 heavy (non-hydrogen) atoms. The van der Waals surface area contributed by atoms with Crippen molar-refractivity contribution in [3.8, 4) is 0 Å². The average molecular weight is 344 g/mol. The van der Waals surface area contributed by atoms with Crippen LogP contribution in [0, 0.1) is 0 Å². The molecule has 1 amide bonds. The van der Waals surface area contributed by atoms with Gasteiger partial charge in [0.2, 0.25) is 0 Å². The molecule has 3 heterocycles. The summed E-state index contributed by atoms with van der Waals surface area (Å²) in [6.07, 6.45) is 1.36. The van der Waals surface area contributed by atoms with Crippen molar-refractivity contribution >= 4 is 39.2 Å². The number of fused-ring (bicyclic) bond motifs is 2. The van der Waals surface area contributed by atoms with Crippen LogP contribution in [-0.2, 0) is 13.1 Å². The van der Waals surface area contributed by atoms with Crippen LogP contribution in [0.15, 0.2) is 40.4 Å². The second kappa shape index (κ2) is 5.78. The minimum absolute atomic E-state index is 0.0809. The summed E-state index contributed by atoms with van der Waals surface area (Å²) in [6, 6.07) is 7.82. The lowest BCUT2D eigenvalue weighted by Gasteiger charge is -2.05. The van der Waals surface area contributed by atoms with Gasteiger partial charge in [0.05, 0.1) is 16.8 Å². The van der Waals surface area contributed by atoms with Crippen molar-refractivity contribution in [3.05, 3.63) is 51.4 Å². The fourth-order valence-corrected chi connectivity index (χ4v) is 4.24. The topological polar surface area (TPSA) is 76.9 Å². The Morgan fingerprint density at radius 2 is 2.22 bits per heavy atom. The van der Waals surface area contributed by atoms with E-state index in [9.17, 15) is 9.59 Å². The Morgan fingerprint density at radius 1 is 1.35 bits per heavy atom. The van der Waals surface area contributed by atoms with Crippen molar-refractivity contribution in [2.45, 2.75) is 18.2 Å². The zero-order chi connectivity index (χ0) is 15.8. The van der Waals surface area contributed by atoms with Crippen molar-refractivity contribution in [1.29, 1.82) is 0 Å². The molecule has 116 valence electrons. The first-order valence-corrected chi connectivity index (χ1v) is 8.88. The fraction of sp³-hybridized carbons (Fsp3) is 0.200. The molecule has 1 aromatic carbocycles. The Kier molecular flexibility index (Phi) is 3.62. The molecule has 8 heteroatoms. The SMILES string of the molecule is O=C(NCc1nc2ccccc2s1)c1cnc2n(c1=O)CCS2. The van der Waals surface area contributed by atoms with Gasteiger partial charge in [-0.3, -0.25) is 14.2 Å². The zero-order valence-corrected chi connectivity index (χ0v) is 13.6. The first kappa shape index (κ1) is 14.4. The lowest BCUT2D eigenvalue weighted by atomic mass is 10.3. The number of thiazole rings is 1. The predicted octanol–water partition coefficient (Wildman–Crippen LogP) is 1.89. The third kappa shape index (κ3) is 2.64. The number of rotatable bonds is 3. The largest absolute Gasteiger partial charge is 0.345 e. The predicted molar refractivity (Wildman–Crippen MR) is 90.0 cm³/mol. The van der Waals surface area contributed by atoms with Crippen LogP contribution < -0.4 is 10.9 Å². The van der Waals surface area contributed by atoms with Crippen LogP contribution in [0.3, 0.4) is 0 Å². The summed E-state index contributed by atoms with van der Waals surface area (Å²) >= 11 is 3.06. The molecule has 0 fully saturated rings. The highest BCUT2D eigenvalue weighted by molar-refractivity contribution is 7.99. The number of aromatic nitrogens is 3. The number of carbonyl (C=O) groups is 1. The smallest absolute Gasteiger partial charge is 0.267 e. The van der Waals surface area contributed by atoms with Crippen LogP contribution in [0.25, 0.3) is 10.2 Å². The molecule has 0 atom stereocenters. The summed E-state index contributed by atoms with van der Waals surface area (Å²) in [7, 11) is 0. The van der Waals surface area contributed by atoms with E-state index in [0.29, 0.717) is 18.2 Å². The molecule has 2 aromatic heterocycles. The van der Waals surface area contributed by atoms with Crippen molar-refractivity contribution in [2.24, 2.45) is 0 Å². The molecule has 0 radical (unpaired) electrons. The monoisotopic (exact) mass is 344 g/mol. The maximum absolute atomic E-state index is 12.3. The van der Waals surface area contributed by atoms with Crippen LogP contribution in [0.1, 0.15) is 15.4 Å². The highest BCUT2D eigenvalue weighted by Crippen LogP contribution is 2.22. The van der Waals surface area contributed by atoms with Crippen molar-refractivity contribution < 1.29 is 4.79 Å². The van der Waals surface area contributed by atoms with E-state index in [1.165, 1.54) is 29.3 Å². The molecule has 0 unspecified atom stereocenters. The second-order valence-corrected chi connectivity index (χ2v) is 7.19. The quantitative estimate of drug-likeness (QED) is 0.734. The Bertz CT molecular complexity index is 931. The number of hydrogen-bond donors (Lipinski definition) is 1. The molecule has 0 spiro atoms. The number of amides is 1. The van der Waals surface area contributed by atoms with E-state index in [1.54, 1.807) is 4.57 Å². The van der Waals surface area contributed by atoms with Crippen LogP contribution in [-0.4, -0.2) is 26.2 Å². The van der Waals surface area contributed by atoms with E-state index in [1.807, 2.05) is 24.3 Å². The van der Waals surface area contributed by atoms with E-state index in [4.69, 9.17) is 0 Å². The van der Waals surface area contributed by atoms with Gasteiger partial charge in [0.15, 0.2) is 5.16 Å². The van der Waals surface area contributed by atoms with Gasteiger partial charge in [0, 0.05) is 18.5 Å². The third-order valence-corrected chi connectivity index (χ3v) is 5.55. The molecule has 1 aliphatic heterocycles. The normalized spacial score (nSPS) is 13.2. The molecular formula is C15H12N4O2S2. The Balaban J connectivity index is 1.53.